The number of para-hydroxylation sites is 3. The molecule has 0 saturated carbocycles. The summed E-state index contributed by atoms with van der Waals surface area (Å²) in [7, 11) is -5.56. The Hall–Kier alpha value is -11.8. The van der Waals surface area contributed by atoms with Crippen molar-refractivity contribution in [2.75, 3.05) is 115 Å². The maximum atomic E-state index is 12.5. The first-order valence-corrected chi connectivity index (χ1v) is 43.4. The van der Waals surface area contributed by atoms with E-state index in [0.717, 1.165) is 67.3 Å². The number of fused-ring (bicyclic) bond motifs is 3. The minimum atomic E-state index is -3.49. The van der Waals surface area contributed by atoms with E-state index >= 15 is 0 Å². The second-order valence-electron chi connectivity index (χ2n) is 27.4. The maximum absolute atomic E-state index is 12.5. The highest BCUT2D eigenvalue weighted by Gasteiger charge is 2.29. The number of rotatable bonds is 27. The SMILES string of the molecule is Cc1nc2c(Nc3ccccc3S(C)(=O)=O)cc(Cl)nc2n1C1CCCCO1.[C-]#[N+]c1nc(Cc2cc(Nc3ccccc3S(C)(=O)=O)c3c(n2)CC(C)=N3)ccc1OCCOC.[C-]#[N+]c1nc(Cc2cc(Nc3ccccc3S(C)(=O)=O)c3nc(C)n(C4CCCCO4)c3n2)ccc1OCCOC.[C-]#[N+]c1nc(N)ccc1OCCOC. The van der Waals surface area contributed by atoms with E-state index in [1.165, 1.54) is 18.8 Å². The first-order valence-electron chi connectivity index (χ1n) is 37.3. The molecule has 2 atom stereocenters. The molecule has 14 rings (SSSR count). The third-order valence-electron chi connectivity index (χ3n) is 18.4. The minimum absolute atomic E-state index is 0.124. The summed E-state index contributed by atoms with van der Waals surface area (Å²) < 4.78 is 121. The summed E-state index contributed by atoms with van der Waals surface area (Å²) in [6.07, 6.45) is 10.5. The summed E-state index contributed by atoms with van der Waals surface area (Å²) in [5.74, 6) is 3.61. The van der Waals surface area contributed by atoms with Crippen molar-refractivity contribution in [3.05, 3.63) is 207 Å². The molecule has 2 fully saturated rings. The maximum Gasteiger partial charge on any atom is 0.313 e. The lowest BCUT2D eigenvalue weighted by Crippen LogP contribution is -2.19. The van der Waals surface area contributed by atoms with Crippen LogP contribution in [0.5, 0.6) is 17.2 Å². The zero-order valence-corrected chi connectivity index (χ0v) is 69.7. The molecular formula is C82H89ClN18O14S3. The molecule has 11 heterocycles. The van der Waals surface area contributed by atoms with Crippen LogP contribution < -0.4 is 35.9 Å². The van der Waals surface area contributed by atoms with E-state index in [-0.39, 0.29) is 44.6 Å². The molecule has 11 aromatic rings. The van der Waals surface area contributed by atoms with E-state index in [1.807, 2.05) is 48.1 Å². The van der Waals surface area contributed by atoms with Gasteiger partial charge in [-0.2, -0.15) is 0 Å². The molecule has 0 aliphatic carbocycles. The number of aliphatic imine (C=N–C) groups is 1. The van der Waals surface area contributed by atoms with Crippen LogP contribution in [0.2, 0.25) is 5.15 Å². The van der Waals surface area contributed by atoms with Crippen LogP contribution in [0.1, 0.15) is 98.0 Å². The van der Waals surface area contributed by atoms with Crippen molar-refractivity contribution in [3.63, 3.8) is 0 Å². The molecule has 5 N–H and O–H groups in total. The van der Waals surface area contributed by atoms with Gasteiger partial charge in [0.2, 0.25) is 5.82 Å². The zero-order chi connectivity index (χ0) is 84.3. The van der Waals surface area contributed by atoms with Crippen LogP contribution in [0, 0.1) is 33.6 Å². The van der Waals surface area contributed by atoms with Gasteiger partial charge < -0.3 is 74.1 Å². The standard InChI is InChI=1S/C29H32N6O5S.C25H25N5O4S.C19H21ClN4O3S.C9H11N3O2/c1-19-31-27-23(34-22-9-5-6-10-25(22)41(4,36)37)18-21(33-29(27)35(19)26-11-7-8-14-40-26)17-20-12-13-24(28(30-2)32-20)39-16-15-38-3;1-16-13-20-24(27-16)21(30-19-7-5-6-8-23(19)35(4,31)32)15-18(28-20)14-17-9-10-22(25(26-2)29-17)34-12-11-33-3;1-12-21-18-14(22-13-7-3-4-8-15(13)28(2,25)26)11-16(20)23-19(18)24(12)17-9-5-6-10-27-17;1-11-9-7(14-6-5-13-2)3-4-8(10)12-9/h5-6,9-10,12-13,18,26H,7-8,11,14-17H2,1,3-4H3,(H,33,34);5-10,15H,11-14H2,1,3-4H3,(H,28,30);3-4,7-8,11,17H,5-6,9-10H2,1-2H3,(H,22,23);3-4H,5-6H2,2H3,(H2,10,12). The summed E-state index contributed by atoms with van der Waals surface area (Å²) in [4.78, 5) is 52.0. The Balaban J connectivity index is 0.000000162. The fourth-order valence-electron chi connectivity index (χ4n) is 13.1. The number of nitrogens with two attached hydrogens (primary N) is 1. The number of hydrogen-bond donors (Lipinski definition) is 4. The van der Waals surface area contributed by atoms with Gasteiger partial charge in [0.15, 0.2) is 40.8 Å². The molecule has 36 heteroatoms. The highest BCUT2D eigenvalue weighted by molar-refractivity contribution is 7.91. The van der Waals surface area contributed by atoms with Crippen LogP contribution >= 0.6 is 11.6 Å². The van der Waals surface area contributed by atoms with Gasteiger partial charge in [-0.25, -0.2) is 45.2 Å². The normalized spacial score (nSPS) is 14.4. The van der Waals surface area contributed by atoms with Gasteiger partial charge in [-0.1, -0.05) is 72.7 Å². The zero-order valence-electron chi connectivity index (χ0n) is 66.5. The number of nitrogen functional groups attached to an aromatic ring is 1. The second-order valence-corrected chi connectivity index (χ2v) is 33.7. The lowest BCUT2D eigenvalue weighted by molar-refractivity contribution is -0.0310. The minimum Gasteiger partial charge on any atom is -0.500 e. The number of halogens is 1. The van der Waals surface area contributed by atoms with Gasteiger partial charge in [-0.3, -0.25) is 19.1 Å². The molecule has 118 heavy (non-hydrogen) atoms. The fourth-order valence-corrected chi connectivity index (χ4v) is 15.8. The number of nitrogens with one attached hydrogen (secondary N) is 3. The molecule has 8 aromatic heterocycles. The number of hydrogen-bond acceptors (Lipinski definition) is 27. The van der Waals surface area contributed by atoms with Crippen LogP contribution in [0.4, 0.5) is 63.1 Å². The van der Waals surface area contributed by atoms with E-state index in [9.17, 15) is 25.3 Å². The molecular weight excluding hydrogens is 1590 g/mol. The van der Waals surface area contributed by atoms with Gasteiger partial charge in [-0.05, 0) is 138 Å². The van der Waals surface area contributed by atoms with Gasteiger partial charge >= 0.3 is 17.5 Å². The van der Waals surface area contributed by atoms with Crippen LogP contribution in [-0.4, -0.2) is 173 Å². The Morgan fingerprint density at radius 1 is 0.475 bits per heavy atom. The van der Waals surface area contributed by atoms with Crippen LogP contribution in [0.15, 0.2) is 147 Å². The number of pyridine rings is 6. The van der Waals surface area contributed by atoms with Gasteiger partial charge in [0.25, 0.3) is 0 Å². The Bertz CT molecular complexity index is 6000. The van der Waals surface area contributed by atoms with Crippen molar-refractivity contribution in [3.8, 4) is 17.2 Å². The summed E-state index contributed by atoms with van der Waals surface area (Å²) >= 11 is 6.29. The quantitative estimate of drug-likeness (QED) is 0.0211. The molecule has 32 nitrogen and oxygen atoms in total. The number of aryl methyl sites for hydroxylation is 2. The van der Waals surface area contributed by atoms with E-state index in [2.05, 4.69) is 60.4 Å². The average Bonchev–Trinajstić information content (AvgIpc) is 1.60. The molecule has 3 aliphatic rings. The van der Waals surface area contributed by atoms with Crippen molar-refractivity contribution in [2.45, 2.75) is 106 Å². The first kappa shape index (κ1) is 87.0. The van der Waals surface area contributed by atoms with Crippen LogP contribution in [-0.2, 0) is 72.5 Å². The highest BCUT2D eigenvalue weighted by Crippen LogP contribution is 2.41. The number of benzene rings is 3. The number of anilines is 7. The number of imidazole rings is 2. The first-order chi connectivity index (χ1) is 56.7. The van der Waals surface area contributed by atoms with Crippen molar-refractivity contribution in [1.29, 1.82) is 0 Å². The monoisotopic (exact) mass is 1680 g/mol. The van der Waals surface area contributed by atoms with Gasteiger partial charge in [0.05, 0.1) is 98.6 Å². The molecule has 2 saturated heterocycles. The summed E-state index contributed by atoms with van der Waals surface area (Å²) in [6, 6.07) is 35.9. The van der Waals surface area contributed by atoms with Gasteiger partial charge in [-0.15, -0.1) is 9.97 Å². The molecule has 3 aliphatic heterocycles. The number of ether oxygens (including phenoxy) is 8. The largest absolute Gasteiger partial charge is 0.500 e. The lowest BCUT2D eigenvalue weighted by atomic mass is 10.1. The Morgan fingerprint density at radius 3 is 1.30 bits per heavy atom. The topological polar surface area (TPSA) is 377 Å². The van der Waals surface area contributed by atoms with Crippen LogP contribution in [0.25, 0.3) is 36.9 Å². The fraction of sp³-hybridized carbons (Fsp3) is 0.341. The van der Waals surface area contributed by atoms with E-state index in [0.29, 0.717) is 180 Å². The van der Waals surface area contributed by atoms with Crippen molar-refractivity contribution >= 4 is 132 Å². The average molecular weight is 1680 g/mol. The van der Waals surface area contributed by atoms with Crippen LogP contribution in [0.3, 0.4) is 0 Å². The third kappa shape index (κ3) is 22.3. The summed E-state index contributed by atoms with van der Waals surface area (Å²) in [6.45, 7) is 31.3. The molecule has 0 radical (unpaired) electrons. The highest BCUT2D eigenvalue weighted by atomic mass is 35.5. The predicted octanol–water partition coefficient (Wildman–Crippen LogP) is 15.1. The molecule has 3 aromatic carbocycles. The van der Waals surface area contributed by atoms with E-state index in [1.54, 1.807) is 131 Å². The Morgan fingerprint density at radius 2 is 0.873 bits per heavy atom. The summed E-state index contributed by atoms with van der Waals surface area (Å²) in [5.41, 5.74) is 16.3. The molecule has 0 amide bonds. The lowest BCUT2D eigenvalue weighted by Gasteiger charge is -2.25. The van der Waals surface area contributed by atoms with E-state index in [4.69, 9.17) is 89.9 Å². The molecule has 0 bridgehead atoms. The van der Waals surface area contributed by atoms with Crippen molar-refractivity contribution < 1.29 is 63.1 Å². The Labute approximate surface area is 689 Å². The van der Waals surface area contributed by atoms with Crippen molar-refractivity contribution in [1.82, 2.24) is 49.0 Å². The smallest absolute Gasteiger partial charge is 0.313 e. The van der Waals surface area contributed by atoms with Gasteiger partial charge in [0.1, 0.15) is 94.4 Å². The second kappa shape index (κ2) is 39.9. The Kier molecular flexibility index (Phi) is 29.4. The van der Waals surface area contributed by atoms with Crippen molar-refractivity contribution in [2.24, 2.45) is 4.99 Å². The number of methoxy groups -OCH3 is 3. The van der Waals surface area contributed by atoms with Gasteiger partial charge in [0, 0.05) is 77.6 Å². The number of aromatic nitrogens is 10. The summed E-state index contributed by atoms with van der Waals surface area (Å²) in [5, 5.41) is 10.1. The number of nitrogens with zero attached hydrogens (tertiary/aromatic N) is 14. The third-order valence-corrected chi connectivity index (χ3v) is 22.1. The molecule has 0 spiro atoms. The molecule has 616 valence electrons. The predicted molar refractivity (Wildman–Crippen MR) is 450 cm³/mol. The van der Waals surface area contributed by atoms with E-state index < -0.39 is 29.5 Å². The molecule has 2 unspecified atom stereocenters. The number of sulfone groups is 3.